The number of hydrogen-bond acceptors (Lipinski definition) is 5. The Labute approximate surface area is 372 Å². The number of allylic oxidation sites excluding steroid dienone is 8. The SMILES string of the molecule is CC/C=C/C/C=C/C/C=C/C/C=C/CCCC(CC(=O)NC(CO)C(O)CCCCCCCCCCCCCCCC)OC(=O)CCCCCCCCCCCCCCC. The highest BCUT2D eigenvalue weighted by Crippen LogP contribution is 2.17. The number of carbonyl (C=O) groups is 2. The van der Waals surface area contributed by atoms with Crippen molar-refractivity contribution >= 4 is 11.9 Å². The highest BCUT2D eigenvalue weighted by atomic mass is 16.5. The lowest BCUT2D eigenvalue weighted by atomic mass is 10.0. The second-order valence-corrected chi connectivity index (χ2v) is 17.5. The van der Waals surface area contributed by atoms with Gasteiger partial charge in [0, 0.05) is 6.42 Å². The van der Waals surface area contributed by atoms with Crippen LogP contribution in [-0.4, -0.2) is 46.9 Å². The molecule has 3 unspecified atom stereocenters. The Morgan fingerprint density at radius 1 is 0.500 bits per heavy atom. The van der Waals surface area contributed by atoms with Gasteiger partial charge in [-0.1, -0.05) is 236 Å². The van der Waals surface area contributed by atoms with Crippen molar-refractivity contribution in [2.75, 3.05) is 6.61 Å². The van der Waals surface area contributed by atoms with E-state index in [0.717, 1.165) is 77.0 Å². The van der Waals surface area contributed by atoms with Gasteiger partial charge in [0.15, 0.2) is 0 Å². The average molecular weight is 842 g/mol. The van der Waals surface area contributed by atoms with Crippen LogP contribution in [0.1, 0.15) is 258 Å². The predicted octanol–water partition coefficient (Wildman–Crippen LogP) is 15.5. The van der Waals surface area contributed by atoms with Gasteiger partial charge in [-0.15, -0.1) is 0 Å². The van der Waals surface area contributed by atoms with E-state index >= 15 is 0 Å². The van der Waals surface area contributed by atoms with E-state index in [0.29, 0.717) is 19.3 Å². The van der Waals surface area contributed by atoms with Gasteiger partial charge in [0.05, 0.1) is 25.2 Å². The van der Waals surface area contributed by atoms with Crippen LogP contribution in [0.5, 0.6) is 0 Å². The molecule has 0 bridgehead atoms. The fourth-order valence-corrected chi connectivity index (χ4v) is 7.78. The topological polar surface area (TPSA) is 95.9 Å². The minimum atomic E-state index is -0.800. The number of ether oxygens (including phenoxy) is 1. The third-order valence-electron chi connectivity index (χ3n) is 11.7. The van der Waals surface area contributed by atoms with Gasteiger partial charge < -0.3 is 20.3 Å². The van der Waals surface area contributed by atoms with Crippen molar-refractivity contribution in [2.45, 2.75) is 277 Å². The Balaban J connectivity index is 4.63. The number of aliphatic hydroxyl groups is 2. The largest absolute Gasteiger partial charge is 0.462 e. The molecule has 0 rings (SSSR count). The minimum absolute atomic E-state index is 0.0423. The second-order valence-electron chi connectivity index (χ2n) is 17.5. The molecule has 6 heteroatoms. The molecule has 0 fully saturated rings. The van der Waals surface area contributed by atoms with Gasteiger partial charge in [0.1, 0.15) is 6.10 Å². The van der Waals surface area contributed by atoms with E-state index in [-0.39, 0.29) is 24.9 Å². The van der Waals surface area contributed by atoms with E-state index in [1.165, 1.54) is 135 Å². The smallest absolute Gasteiger partial charge is 0.306 e. The summed E-state index contributed by atoms with van der Waals surface area (Å²) in [5.74, 6) is -0.521. The summed E-state index contributed by atoms with van der Waals surface area (Å²) in [5, 5.41) is 23.8. The molecular formula is C54H99NO5. The maximum Gasteiger partial charge on any atom is 0.306 e. The summed E-state index contributed by atoms with van der Waals surface area (Å²) in [4.78, 5) is 26.1. The molecule has 0 spiro atoms. The Bertz CT molecular complexity index is 1040. The quantitative estimate of drug-likeness (QED) is 0.0322. The summed E-state index contributed by atoms with van der Waals surface area (Å²) in [6.07, 6.45) is 57.4. The van der Waals surface area contributed by atoms with Crippen LogP contribution in [0.25, 0.3) is 0 Å². The second kappa shape index (κ2) is 47.9. The molecule has 0 aliphatic heterocycles. The zero-order chi connectivity index (χ0) is 43.8. The van der Waals surface area contributed by atoms with Gasteiger partial charge in [0.2, 0.25) is 5.91 Å². The van der Waals surface area contributed by atoms with Crippen LogP contribution < -0.4 is 5.32 Å². The number of nitrogens with one attached hydrogen (secondary N) is 1. The fourth-order valence-electron chi connectivity index (χ4n) is 7.78. The maximum absolute atomic E-state index is 13.2. The summed E-state index contributed by atoms with van der Waals surface area (Å²) >= 11 is 0. The molecule has 0 aliphatic rings. The van der Waals surface area contributed by atoms with Crippen LogP contribution in [-0.2, 0) is 14.3 Å². The predicted molar refractivity (Wildman–Crippen MR) is 259 cm³/mol. The lowest BCUT2D eigenvalue weighted by Gasteiger charge is -2.24. The summed E-state index contributed by atoms with van der Waals surface area (Å²) in [5.41, 5.74) is 0. The first-order valence-corrected chi connectivity index (χ1v) is 25.9. The van der Waals surface area contributed by atoms with E-state index in [1.54, 1.807) is 0 Å². The van der Waals surface area contributed by atoms with Crippen LogP contribution in [0, 0.1) is 0 Å². The summed E-state index contributed by atoms with van der Waals surface area (Å²) < 4.78 is 5.90. The Hall–Kier alpha value is -2.18. The number of aliphatic hydroxyl groups excluding tert-OH is 2. The Morgan fingerprint density at radius 2 is 0.900 bits per heavy atom. The van der Waals surface area contributed by atoms with Gasteiger partial charge in [-0.3, -0.25) is 9.59 Å². The van der Waals surface area contributed by atoms with E-state index in [9.17, 15) is 19.8 Å². The van der Waals surface area contributed by atoms with E-state index in [2.05, 4.69) is 74.7 Å². The normalized spacial score (nSPS) is 13.6. The summed E-state index contributed by atoms with van der Waals surface area (Å²) in [6.45, 7) is 6.36. The number of rotatable bonds is 46. The molecule has 6 nitrogen and oxygen atoms in total. The molecular weight excluding hydrogens is 743 g/mol. The van der Waals surface area contributed by atoms with Crippen molar-refractivity contribution < 1.29 is 24.5 Å². The number of hydrogen-bond donors (Lipinski definition) is 3. The number of esters is 1. The minimum Gasteiger partial charge on any atom is -0.462 e. The maximum atomic E-state index is 13.2. The zero-order valence-corrected chi connectivity index (χ0v) is 39.8. The summed E-state index contributed by atoms with van der Waals surface area (Å²) in [6, 6.07) is -0.717. The lowest BCUT2D eigenvalue weighted by Crippen LogP contribution is -2.46. The Morgan fingerprint density at radius 3 is 1.33 bits per heavy atom. The highest BCUT2D eigenvalue weighted by Gasteiger charge is 2.24. The molecule has 350 valence electrons. The summed E-state index contributed by atoms with van der Waals surface area (Å²) in [7, 11) is 0. The first-order valence-electron chi connectivity index (χ1n) is 25.9. The van der Waals surface area contributed by atoms with Gasteiger partial charge in [-0.2, -0.15) is 0 Å². The molecule has 0 heterocycles. The molecule has 0 aromatic rings. The van der Waals surface area contributed by atoms with Crippen molar-refractivity contribution in [1.29, 1.82) is 0 Å². The van der Waals surface area contributed by atoms with Gasteiger partial charge in [0.25, 0.3) is 0 Å². The molecule has 1 amide bonds. The number of amides is 1. The third kappa shape index (κ3) is 42.5. The molecule has 3 atom stereocenters. The van der Waals surface area contributed by atoms with Crippen LogP contribution in [0.3, 0.4) is 0 Å². The molecule has 0 saturated heterocycles. The molecule has 3 N–H and O–H groups in total. The molecule has 0 radical (unpaired) electrons. The van der Waals surface area contributed by atoms with Crippen molar-refractivity contribution in [3.8, 4) is 0 Å². The first-order chi connectivity index (χ1) is 29.5. The molecule has 0 aromatic heterocycles. The van der Waals surface area contributed by atoms with Crippen LogP contribution >= 0.6 is 0 Å². The van der Waals surface area contributed by atoms with E-state index < -0.39 is 18.2 Å². The van der Waals surface area contributed by atoms with Crippen molar-refractivity contribution in [2.24, 2.45) is 0 Å². The fraction of sp³-hybridized carbons (Fsp3) is 0.815. The van der Waals surface area contributed by atoms with Crippen molar-refractivity contribution in [1.82, 2.24) is 5.32 Å². The molecule has 0 aromatic carbocycles. The lowest BCUT2D eigenvalue weighted by molar-refractivity contribution is -0.151. The van der Waals surface area contributed by atoms with Crippen molar-refractivity contribution in [3.05, 3.63) is 48.6 Å². The van der Waals surface area contributed by atoms with Crippen LogP contribution in [0.4, 0.5) is 0 Å². The van der Waals surface area contributed by atoms with Crippen LogP contribution in [0.15, 0.2) is 48.6 Å². The van der Waals surface area contributed by atoms with Gasteiger partial charge in [-0.25, -0.2) is 0 Å². The van der Waals surface area contributed by atoms with E-state index in [4.69, 9.17) is 4.74 Å². The molecule has 0 saturated carbocycles. The first kappa shape index (κ1) is 57.8. The number of unbranched alkanes of at least 4 members (excludes halogenated alkanes) is 26. The molecule has 60 heavy (non-hydrogen) atoms. The zero-order valence-electron chi connectivity index (χ0n) is 39.8. The highest BCUT2D eigenvalue weighted by molar-refractivity contribution is 5.77. The average Bonchev–Trinajstić information content (AvgIpc) is 3.24. The monoisotopic (exact) mass is 842 g/mol. The van der Waals surface area contributed by atoms with Gasteiger partial charge in [-0.05, 0) is 57.8 Å². The Kier molecular flexibility index (Phi) is 46.1. The molecule has 0 aliphatic carbocycles. The standard InChI is InChI=1S/C54H99NO5/c1-4-7-10-13-16-19-22-25-28-30-33-36-39-42-45-50(60-54(59)47-44-41-38-35-32-27-24-21-18-15-12-9-6-3)48-53(58)55-51(49-56)52(57)46-43-40-37-34-31-29-26-23-20-17-14-11-8-5-2/h7,10,16,19,25,28,33,36,50-52,56-57H,4-6,8-9,11-15,17-18,20-24,26-27,29-32,34-35,37-49H2,1-3H3,(H,55,58)/b10-7+,19-16+,28-25+,36-33+. The van der Waals surface area contributed by atoms with Gasteiger partial charge >= 0.3 is 5.97 Å². The third-order valence-corrected chi connectivity index (χ3v) is 11.7. The number of carbonyl (C=O) groups excluding carboxylic acids is 2. The van der Waals surface area contributed by atoms with Crippen molar-refractivity contribution in [3.63, 3.8) is 0 Å². The van der Waals surface area contributed by atoms with E-state index in [1.807, 2.05) is 0 Å². The van der Waals surface area contributed by atoms with Crippen LogP contribution in [0.2, 0.25) is 0 Å².